The van der Waals surface area contributed by atoms with E-state index < -0.39 is 21.2 Å². The van der Waals surface area contributed by atoms with Gasteiger partial charge in [0.1, 0.15) is 0 Å². The normalized spacial score (nSPS) is 14.6. The van der Waals surface area contributed by atoms with Crippen LogP contribution in [0.2, 0.25) is 0 Å². The Bertz CT molecular complexity index is 651. The highest BCUT2D eigenvalue weighted by atomic mass is 32.2. The molecule has 2 atom stereocenters. The van der Waals surface area contributed by atoms with Gasteiger partial charge in [-0.25, -0.2) is 8.42 Å². The highest BCUT2D eigenvalue weighted by molar-refractivity contribution is 7.92. The molecule has 0 saturated carbocycles. The maximum absolute atomic E-state index is 12.8. The molecule has 0 fully saturated rings. The van der Waals surface area contributed by atoms with Gasteiger partial charge < -0.3 is 5.11 Å². The number of sulfone groups is 1. The van der Waals surface area contributed by atoms with Gasteiger partial charge in [-0.1, -0.05) is 61.9 Å². The molecule has 2 aromatic rings. The van der Waals surface area contributed by atoms with Crippen molar-refractivity contribution in [3.05, 3.63) is 66.2 Å². The van der Waals surface area contributed by atoms with Crippen molar-refractivity contribution in [1.82, 2.24) is 0 Å². The fraction of sp³-hybridized carbons (Fsp3) is 0.294. The molecule has 21 heavy (non-hydrogen) atoms. The molecule has 0 heterocycles. The molecule has 0 unspecified atom stereocenters. The van der Waals surface area contributed by atoms with Crippen LogP contribution in [0.25, 0.3) is 0 Å². The van der Waals surface area contributed by atoms with Gasteiger partial charge >= 0.3 is 0 Å². The predicted molar refractivity (Wildman–Crippen MR) is 83.7 cm³/mol. The van der Waals surface area contributed by atoms with E-state index in [2.05, 4.69) is 0 Å². The molecule has 0 amide bonds. The van der Waals surface area contributed by atoms with E-state index in [0.29, 0.717) is 18.4 Å². The van der Waals surface area contributed by atoms with Crippen molar-refractivity contribution < 1.29 is 13.5 Å². The first-order valence-electron chi connectivity index (χ1n) is 7.09. The largest absolute Gasteiger partial charge is 0.387 e. The maximum atomic E-state index is 12.8. The first kappa shape index (κ1) is 15.7. The van der Waals surface area contributed by atoms with Crippen molar-refractivity contribution in [2.24, 2.45) is 0 Å². The van der Waals surface area contributed by atoms with Gasteiger partial charge in [-0.15, -0.1) is 0 Å². The zero-order valence-corrected chi connectivity index (χ0v) is 12.8. The minimum atomic E-state index is -3.56. The summed E-state index contributed by atoms with van der Waals surface area (Å²) < 4.78 is 25.6. The van der Waals surface area contributed by atoms with Gasteiger partial charge in [-0.05, 0) is 24.1 Å². The van der Waals surface area contributed by atoms with Crippen molar-refractivity contribution >= 4 is 9.84 Å². The van der Waals surface area contributed by atoms with Crippen LogP contribution < -0.4 is 0 Å². The number of benzene rings is 2. The molecule has 1 N–H and O–H groups in total. The molecule has 2 aromatic carbocycles. The molecule has 4 heteroatoms. The summed E-state index contributed by atoms with van der Waals surface area (Å²) in [5, 5.41) is 9.70. The Morgan fingerprint density at radius 3 is 2.00 bits per heavy atom. The Kier molecular flexibility index (Phi) is 5.15. The highest BCUT2D eigenvalue weighted by Crippen LogP contribution is 2.30. The van der Waals surface area contributed by atoms with Crippen LogP contribution in [0.5, 0.6) is 0 Å². The Hall–Kier alpha value is -1.65. The van der Waals surface area contributed by atoms with Gasteiger partial charge in [-0.3, -0.25) is 0 Å². The first-order chi connectivity index (χ1) is 10.1. The lowest BCUT2D eigenvalue weighted by molar-refractivity contribution is 0.167. The molecule has 0 spiro atoms. The van der Waals surface area contributed by atoms with E-state index in [1.807, 2.05) is 13.0 Å². The lowest BCUT2D eigenvalue weighted by atomic mass is 10.0. The molecule has 112 valence electrons. The highest BCUT2D eigenvalue weighted by Gasteiger charge is 2.33. The van der Waals surface area contributed by atoms with E-state index in [4.69, 9.17) is 0 Å². The molecule has 3 nitrogen and oxygen atoms in total. The zero-order chi connectivity index (χ0) is 15.3. The number of hydrogen-bond acceptors (Lipinski definition) is 3. The van der Waals surface area contributed by atoms with Crippen LogP contribution in [0.4, 0.5) is 0 Å². The van der Waals surface area contributed by atoms with Gasteiger partial charge in [0.15, 0.2) is 9.84 Å². The van der Waals surface area contributed by atoms with Gasteiger partial charge in [-0.2, -0.15) is 0 Å². The van der Waals surface area contributed by atoms with E-state index in [9.17, 15) is 13.5 Å². The molecule has 0 aromatic heterocycles. The van der Waals surface area contributed by atoms with Crippen molar-refractivity contribution in [3.63, 3.8) is 0 Å². The summed E-state index contributed by atoms with van der Waals surface area (Å²) in [5.74, 6) is 0. The Morgan fingerprint density at radius 2 is 1.48 bits per heavy atom. The summed E-state index contributed by atoms with van der Waals surface area (Å²) in [4.78, 5) is 0.262. The van der Waals surface area contributed by atoms with Crippen LogP contribution in [-0.4, -0.2) is 18.8 Å². The van der Waals surface area contributed by atoms with E-state index in [1.165, 1.54) is 0 Å². The van der Waals surface area contributed by atoms with Crippen LogP contribution in [0.1, 0.15) is 31.4 Å². The molecular formula is C17H20O3S. The number of hydrogen-bond donors (Lipinski definition) is 1. The van der Waals surface area contributed by atoms with Crippen molar-refractivity contribution in [1.29, 1.82) is 0 Å². The van der Waals surface area contributed by atoms with E-state index >= 15 is 0 Å². The van der Waals surface area contributed by atoms with E-state index in [1.54, 1.807) is 54.6 Å². The third-order valence-corrected chi connectivity index (χ3v) is 5.76. The Morgan fingerprint density at radius 1 is 0.952 bits per heavy atom. The second-order valence-corrected chi connectivity index (χ2v) is 7.21. The fourth-order valence-electron chi connectivity index (χ4n) is 2.42. The average molecular weight is 304 g/mol. The van der Waals surface area contributed by atoms with E-state index in [0.717, 1.165) is 0 Å². The van der Waals surface area contributed by atoms with Crippen LogP contribution in [0, 0.1) is 0 Å². The van der Waals surface area contributed by atoms with Crippen molar-refractivity contribution in [3.8, 4) is 0 Å². The Labute approximate surface area is 126 Å². The predicted octanol–water partition coefficient (Wildman–Crippen LogP) is 3.36. The molecule has 0 aliphatic rings. The average Bonchev–Trinajstić information content (AvgIpc) is 2.53. The van der Waals surface area contributed by atoms with Gasteiger partial charge in [0.2, 0.25) is 0 Å². The standard InChI is InChI=1S/C17H20O3S/c1-2-9-16(17(18)14-10-5-3-6-11-14)21(19,20)15-12-7-4-8-13-15/h3-8,10-13,16-18H,2,9H2,1H3/t16-,17+/m0/s1. The lowest BCUT2D eigenvalue weighted by Crippen LogP contribution is -2.28. The number of aliphatic hydroxyl groups is 1. The first-order valence-corrected chi connectivity index (χ1v) is 8.64. The Balaban J connectivity index is 2.39. The maximum Gasteiger partial charge on any atom is 0.184 e. The molecule has 0 radical (unpaired) electrons. The lowest BCUT2D eigenvalue weighted by Gasteiger charge is -2.23. The molecule has 0 bridgehead atoms. The molecule has 2 rings (SSSR count). The number of aliphatic hydroxyl groups excluding tert-OH is 1. The number of rotatable bonds is 6. The van der Waals surface area contributed by atoms with Crippen molar-refractivity contribution in [2.45, 2.75) is 36.0 Å². The van der Waals surface area contributed by atoms with Gasteiger partial charge in [0.05, 0.1) is 16.2 Å². The second kappa shape index (κ2) is 6.87. The summed E-state index contributed by atoms with van der Waals surface area (Å²) >= 11 is 0. The minimum absolute atomic E-state index is 0.262. The van der Waals surface area contributed by atoms with Gasteiger partial charge in [0, 0.05) is 0 Å². The van der Waals surface area contributed by atoms with Crippen molar-refractivity contribution in [2.75, 3.05) is 0 Å². The molecule has 0 aliphatic heterocycles. The summed E-state index contributed by atoms with van der Waals surface area (Å²) in [5.41, 5.74) is 0.635. The third-order valence-electron chi connectivity index (χ3n) is 3.54. The summed E-state index contributed by atoms with van der Waals surface area (Å²) in [7, 11) is -3.56. The summed E-state index contributed by atoms with van der Waals surface area (Å²) in [6.07, 6.45) is 0.102. The quantitative estimate of drug-likeness (QED) is 0.890. The van der Waals surface area contributed by atoms with Crippen LogP contribution in [0.15, 0.2) is 65.6 Å². The second-order valence-electron chi connectivity index (χ2n) is 5.04. The van der Waals surface area contributed by atoms with Crippen LogP contribution >= 0.6 is 0 Å². The summed E-state index contributed by atoms with van der Waals surface area (Å²) in [6, 6.07) is 17.3. The van der Waals surface area contributed by atoms with Crippen LogP contribution in [0.3, 0.4) is 0 Å². The molecule has 0 saturated heterocycles. The van der Waals surface area contributed by atoms with Crippen LogP contribution in [-0.2, 0) is 9.84 Å². The monoisotopic (exact) mass is 304 g/mol. The minimum Gasteiger partial charge on any atom is -0.387 e. The summed E-state index contributed by atoms with van der Waals surface area (Å²) in [6.45, 7) is 1.92. The smallest absolute Gasteiger partial charge is 0.184 e. The topological polar surface area (TPSA) is 54.4 Å². The van der Waals surface area contributed by atoms with E-state index in [-0.39, 0.29) is 4.90 Å². The molecule has 0 aliphatic carbocycles. The SMILES string of the molecule is CCC[C@@H]([C@H](O)c1ccccc1)S(=O)(=O)c1ccccc1. The third kappa shape index (κ3) is 3.52. The van der Waals surface area contributed by atoms with Gasteiger partial charge in [0.25, 0.3) is 0 Å². The molecular weight excluding hydrogens is 284 g/mol. The zero-order valence-electron chi connectivity index (χ0n) is 12.0. The fourth-order valence-corrected chi connectivity index (χ4v) is 4.35.